The van der Waals surface area contributed by atoms with Gasteiger partial charge in [0.05, 0.1) is 0 Å². The fourth-order valence-corrected chi connectivity index (χ4v) is 0.493. The molecule has 0 fully saturated rings. The highest BCUT2D eigenvalue weighted by atomic mass is 36.0. The number of phenols is 2. The van der Waals surface area contributed by atoms with Crippen LogP contribution >= 0.6 is 21.4 Å². The van der Waals surface area contributed by atoms with Crippen molar-refractivity contribution in [1.82, 2.24) is 0 Å². The lowest BCUT2D eigenvalue weighted by molar-refractivity contribution is 0.450. The number of benzene rings is 1. The first-order valence-corrected chi connectivity index (χ1v) is 6.05. The molecule has 13 heavy (non-hydrogen) atoms. The average molecular weight is 245 g/mol. The summed E-state index contributed by atoms with van der Waals surface area (Å²) in [5, 5.41) is 17.3. The molecule has 1 rings (SSSR count). The van der Waals surface area contributed by atoms with E-state index < -0.39 is 8.26 Å². The molecule has 1 aromatic carbocycles. The summed E-state index contributed by atoms with van der Waals surface area (Å²) in [6.45, 7) is 0. The van der Waals surface area contributed by atoms with E-state index >= 15 is 0 Å². The molecule has 4 nitrogen and oxygen atoms in total. The van der Waals surface area contributed by atoms with Gasteiger partial charge in [-0.2, -0.15) is 8.42 Å². The number of phenolic OH excluding ortho intramolecular Hbond substituents is 2. The highest BCUT2D eigenvalue weighted by Gasteiger charge is 1.88. The fourth-order valence-electron chi connectivity index (χ4n) is 0.493. The maximum absolute atomic E-state index is 9.16. The molecule has 0 aromatic heterocycles. The van der Waals surface area contributed by atoms with Gasteiger partial charge in [-0.15, -0.1) is 0 Å². The van der Waals surface area contributed by atoms with Crippen LogP contribution in [0.1, 0.15) is 0 Å². The third-order valence-corrected chi connectivity index (χ3v) is 0.830. The predicted molar refractivity (Wildman–Crippen MR) is 50.4 cm³/mol. The van der Waals surface area contributed by atoms with E-state index in [1.165, 1.54) is 18.2 Å². The summed E-state index contributed by atoms with van der Waals surface area (Å²) in [5.74, 6) is 0.176. The van der Waals surface area contributed by atoms with Crippen molar-refractivity contribution in [3.63, 3.8) is 0 Å². The maximum Gasteiger partial charge on any atom is 0.317 e. The molecule has 0 saturated heterocycles. The zero-order valence-electron chi connectivity index (χ0n) is 6.18. The predicted octanol–water partition coefficient (Wildman–Crippen LogP) is 1.81. The van der Waals surface area contributed by atoms with E-state index in [0.717, 1.165) is 0 Å². The van der Waals surface area contributed by atoms with Gasteiger partial charge in [0, 0.05) is 27.4 Å². The molecular formula is C6H6Cl2O4S. The second-order valence-electron chi connectivity index (χ2n) is 1.90. The summed E-state index contributed by atoms with van der Waals surface area (Å²) >= 11 is 0. The number of hydrogen-bond donors (Lipinski definition) is 2. The van der Waals surface area contributed by atoms with Gasteiger partial charge in [-0.3, -0.25) is 0 Å². The molecule has 0 spiro atoms. The van der Waals surface area contributed by atoms with Crippen LogP contribution in [0.4, 0.5) is 0 Å². The van der Waals surface area contributed by atoms with E-state index in [4.69, 9.17) is 18.6 Å². The molecule has 0 aliphatic carbocycles. The van der Waals surface area contributed by atoms with Crippen LogP contribution in [0.2, 0.25) is 0 Å². The van der Waals surface area contributed by atoms with Gasteiger partial charge in [-0.25, -0.2) is 0 Å². The summed E-state index contributed by atoms with van der Waals surface area (Å²) in [6, 6.07) is 5.85. The largest absolute Gasteiger partial charge is 0.508 e. The number of halogens is 2. The standard InChI is InChI=1S/C6H6O2.Cl2O2S/c7-5-2-1-3-6(8)4-5;1-5(2,3)4/h1-4,7-8H;. The Hall–Kier alpha value is -0.650. The topological polar surface area (TPSA) is 74.6 Å². The van der Waals surface area contributed by atoms with Crippen LogP contribution in [0.25, 0.3) is 0 Å². The maximum atomic E-state index is 9.16. The van der Waals surface area contributed by atoms with Crippen molar-refractivity contribution in [3.8, 4) is 11.5 Å². The molecule has 74 valence electrons. The lowest BCUT2D eigenvalue weighted by atomic mass is 10.3. The Bertz CT molecular complexity index is 337. The second kappa shape index (κ2) is 5.16. The molecular weight excluding hydrogens is 239 g/mol. The average Bonchev–Trinajstić information content (AvgIpc) is 1.81. The highest BCUT2D eigenvalue weighted by Crippen LogP contribution is 2.14. The first-order valence-electron chi connectivity index (χ1n) is 2.91. The lowest BCUT2D eigenvalue weighted by Gasteiger charge is -1.89. The van der Waals surface area contributed by atoms with Gasteiger partial charge in [-0.1, -0.05) is 6.07 Å². The van der Waals surface area contributed by atoms with Crippen LogP contribution in [0.5, 0.6) is 11.5 Å². The highest BCUT2D eigenvalue weighted by molar-refractivity contribution is 8.31. The van der Waals surface area contributed by atoms with Gasteiger partial charge in [0.2, 0.25) is 0 Å². The Balaban J connectivity index is 0.000000252. The van der Waals surface area contributed by atoms with E-state index in [-0.39, 0.29) is 11.5 Å². The molecule has 0 aliphatic rings. The molecule has 0 aliphatic heterocycles. The van der Waals surface area contributed by atoms with Crippen LogP contribution < -0.4 is 0 Å². The minimum atomic E-state index is -3.72. The third kappa shape index (κ3) is 11.3. The van der Waals surface area contributed by atoms with Crippen LogP contribution in [0, 0.1) is 0 Å². The number of aromatic hydroxyl groups is 2. The second-order valence-corrected chi connectivity index (χ2v) is 5.57. The van der Waals surface area contributed by atoms with Crippen molar-refractivity contribution in [3.05, 3.63) is 24.3 Å². The molecule has 7 heteroatoms. The van der Waals surface area contributed by atoms with Gasteiger partial charge in [-0.05, 0) is 12.1 Å². The van der Waals surface area contributed by atoms with Crippen molar-refractivity contribution in [2.45, 2.75) is 0 Å². The smallest absolute Gasteiger partial charge is 0.317 e. The number of hydrogen-bond acceptors (Lipinski definition) is 4. The van der Waals surface area contributed by atoms with Crippen LogP contribution in [0.3, 0.4) is 0 Å². The van der Waals surface area contributed by atoms with Crippen molar-refractivity contribution in [1.29, 1.82) is 0 Å². The van der Waals surface area contributed by atoms with E-state index in [1.807, 2.05) is 0 Å². The molecule has 0 atom stereocenters. The van der Waals surface area contributed by atoms with Crippen molar-refractivity contribution >= 4 is 29.6 Å². The van der Waals surface area contributed by atoms with Crippen LogP contribution in [-0.2, 0) is 8.26 Å². The molecule has 0 bridgehead atoms. The third-order valence-electron chi connectivity index (χ3n) is 0.830. The van der Waals surface area contributed by atoms with Crippen molar-refractivity contribution in [2.24, 2.45) is 0 Å². The summed E-state index contributed by atoms with van der Waals surface area (Å²) in [6.07, 6.45) is 0. The van der Waals surface area contributed by atoms with E-state index in [1.54, 1.807) is 6.07 Å². The molecule has 2 N–H and O–H groups in total. The first kappa shape index (κ1) is 12.3. The van der Waals surface area contributed by atoms with E-state index in [2.05, 4.69) is 21.4 Å². The first-order chi connectivity index (χ1) is 5.79. The molecule has 0 heterocycles. The zero-order valence-corrected chi connectivity index (χ0v) is 8.51. The Labute approximate surface area is 84.3 Å². The summed E-state index contributed by atoms with van der Waals surface area (Å²) in [7, 11) is 4.81. The van der Waals surface area contributed by atoms with Crippen molar-refractivity contribution < 1.29 is 18.6 Å². The molecule has 0 amide bonds. The SMILES string of the molecule is O=S(=O)(Cl)Cl.Oc1cccc(O)c1. The molecule has 0 saturated carbocycles. The Morgan fingerprint density at radius 2 is 1.38 bits per heavy atom. The Morgan fingerprint density at radius 3 is 1.54 bits per heavy atom. The summed E-state index contributed by atoms with van der Waals surface area (Å²) in [4.78, 5) is 0. The number of rotatable bonds is 0. The van der Waals surface area contributed by atoms with Crippen molar-refractivity contribution in [2.75, 3.05) is 0 Å². The van der Waals surface area contributed by atoms with E-state index in [0.29, 0.717) is 0 Å². The summed E-state index contributed by atoms with van der Waals surface area (Å²) < 4.78 is 18.3. The quantitative estimate of drug-likeness (QED) is 0.683. The molecule has 0 radical (unpaired) electrons. The van der Waals surface area contributed by atoms with Gasteiger partial charge in [0.25, 0.3) is 0 Å². The fraction of sp³-hybridized carbons (Fsp3) is 0. The minimum absolute atomic E-state index is 0.0880. The van der Waals surface area contributed by atoms with Crippen LogP contribution in [0.15, 0.2) is 24.3 Å². The zero-order chi connectivity index (χ0) is 10.5. The van der Waals surface area contributed by atoms with Gasteiger partial charge >= 0.3 is 8.26 Å². The monoisotopic (exact) mass is 244 g/mol. The minimum Gasteiger partial charge on any atom is -0.508 e. The molecule has 1 aromatic rings. The Kier molecular flexibility index (Phi) is 4.90. The van der Waals surface area contributed by atoms with Gasteiger partial charge in [0.15, 0.2) is 0 Å². The van der Waals surface area contributed by atoms with E-state index in [9.17, 15) is 0 Å². The normalized spacial score (nSPS) is 10.0. The summed E-state index contributed by atoms with van der Waals surface area (Å²) in [5.41, 5.74) is 0. The van der Waals surface area contributed by atoms with Gasteiger partial charge in [0.1, 0.15) is 11.5 Å². The lowest BCUT2D eigenvalue weighted by Crippen LogP contribution is -1.63. The Morgan fingerprint density at radius 1 is 1.08 bits per heavy atom. The van der Waals surface area contributed by atoms with Gasteiger partial charge < -0.3 is 10.2 Å². The van der Waals surface area contributed by atoms with Crippen LogP contribution in [-0.4, -0.2) is 18.6 Å². The molecule has 0 unspecified atom stereocenters.